The Morgan fingerprint density at radius 1 is 1.25 bits per heavy atom. The Morgan fingerprint density at radius 3 is 2.58 bits per heavy atom. The minimum absolute atomic E-state index is 0.0399. The van der Waals surface area contributed by atoms with Crippen LogP contribution in [0, 0.1) is 6.92 Å². The van der Waals surface area contributed by atoms with E-state index in [9.17, 15) is 13.2 Å². The number of carbonyl (C=O) groups excluding carboxylic acids is 1. The van der Waals surface area contributed by atoms with Gasteiger partial charge in [0.15, 0.2) is 0 Å². The van der Waals surface area contributed by atoms with Crippen LogP contribution in [0.15, 0.2) is 34.0 Å². The van der Waals surface area contributed by atoms with Gasteiger partial charge in [-0.2, -0.15) is 9.40 Å². The molecular formula is C15H20N4O3S2. The summed E-state index contributed by atoms with van der Waals surface area (Å²) in [5.41, 5.74) is 1.02. The number of aromatic nitrogens is 2. The number of sulfonamides is 1. The number of aryl methyl sites for hydroxylation is 2. The Hall–Kier alpha value is -1.71. The van der Waals surface area contributed by atoms with Gasteiger partial charge in [0.05, 0.1) is 0 Å². The molecule has 0 N–H and O–H groups in total. The van der Waals surface area contributed by atoms with Crippen LogP contribution in [0.4, 0.5) is 0 Å². The minimum Gasteiger partial charge on any atom is -0.340 e. The van der Waals surface area contributed by atoms with Crippen LogP contribution >= 0.6 is 11.3 Å². The Balaban J connectivity index is 1.53. The summed E-state index contributed by atoms with van der Waals surface area (Å²) in [6.07, 6.45) is 2.09. The molecule has 1 amide bonds. The third-order valence-corrected chi connectivity index (χ3v) is 7.42. The molecule has 3 heterocycles. The predicted octanol–water partition coefficient (Wildman–Crippen LogP) is 1.18. The molecule has 0 unspecified atom stereocenters. The van der Waals surface area contributed by atoms with E-state index in [0.29, 0.717) is 43.4 Å². The molecule has 1 saturated heterocycles. The number of amides is 1. The van der Waals surface area contributed by atoms with Crippen molar-refractivity contribution in [2.45, 2.75) is 24.1 Å². The molecule has 1 aliphatic heterocycles. The van der Waals surface area contributed by atoms with Crippen LogP contribution in [0.5, 0.6) is 0 Å². The van der Waals surface area contributed by atoms with Crippen molar-refractivity contribution in [1.82, 2.24) is 19.0 Å². The summed E-state index contributed by atoms with van der Waals surface area (Å²) >= 11 is 1.22. The fraction of sp³-hybridized carbons (Fsp3) is 0.467. The summed E-state index contributed by atoms with van der Waals surface area (Å²) in [7, 11) is -3.42. The number of hydrogen-bond donors (Lipinski definition) is 0. The molecule has 0 bridgehead atoms. The Morgan fingerprint density at radius 2 is 2.00 bits per heavy atom. The zero-order valence-corrected chi connectivity index (χ0v) is 15.1. The third kappa shape index (κ3) is 3.52. The molecule has 1 fully saturated rings. The molecule has 2 aromatic heterocycles. The summed E-state index contributed by atoms with van der Waals surface area (Å²) in [6.45, 7) is 4.04. The molecule has 0 spiro atoms. The van der Waals surface area contributed by atoms with Gasteiger partial charge >= 0.3 is 0 Å². The molecule has 24 heavy (non-hydrogen) atoms. The smallest absolute Gasteiger partial charge is 0.252 e. The molecule has 2 aromatic rings. The lowest BCUT2D eigenvalue weighted by Crippen LogP contribution is -2.50. The van der Waals surface area contributed by atoms with Gasteiger partial charge in [-0.15, -0.1) is 11.3 Å². The molecule has 7 nitrogen and oxygen atoms in total. The van der Waals surface area contributed by atoms with Crippen molar-refractivity contribution in [1.29, 1.82) is 0 Å². The van der Waals surface area contributed by atoms with Crippen molar-refractivity contribution in [2.24, 2.45) is 0 Å². The van der Waals surface area contributed by atoms with Crippen LogP contribution in [0.3, 0.4) is 0 Å². The third-order valence-electron chi connectivity index (χ3n) is 4.15. The maximum Gasteiger partial charge on any atom is 0.252 e. The highest BCUT2D eigenvalue weighted by Crippen LogP contribution is 2.22. The predicted molar refractivity (Wildman–Crippen MR) is 91.2 cm³/mol. The summed E-state index contributed by atoms with van der Waals surface area (Å²) in [5, 5.41) is 5.92. The average Bonchev–Trinajstić information content (AvgIpc) is 3.25. The number of rotatable bonds is 5. The monoisotopic (exact) mass is 368 g/mol. The average molecular weight is 368 g/mol. The lowest BCUT2D eigenvalue weighted by atomic mass is 10.3. The summed E-state index contributed by atoms with van der Waals surface area (Å²) in [5.74, 6) is 0.0399. The number of carbonyl (C=O) groups is 1. The molecule has 0 saturated carbocycles. The lowest BCUT2D eigenvalue weighted by Gasteiger charge is -2.33. The summed E-state index contributed by atoms with van der Waals surface area (Å²) < 4.78 is 28.5. The largest absolute Gasteiger partial charge is 0.340 e. The zero-order chi connectivity index (χ0) is 17.2. The van der Waals surface area contributed by atoms with Crippen molar-refractivity contribution in [2.75, 3.05) is 26.2 Å². The number of nitrogens with zero attached hydrogens (tertiary/aromatic N) is 4. The second-order valence-corrected chi connectivity index (χ2v) is 8.78. The standard InChI is InChI=1S/C15H20N4O3S2/c1-13-4-6-16-19(13)7-5-14(20)17-8-10-18(11-9-17)24(21,22)15-3-2-12-23-15/h2-4,6,12H,5,7-11H2,1H3. The molecule has 3 rings (SSSR count). The van der Waals surface area contributed by atoms with E-state index >= 15 is 0 Å². The summed E-state index contributed by atoms with van der Waals surface area (Å²) in [4.78, 5) is 14.0. The van der Waals surface area contributed by atoms with E-state index in [1.54, 1.807) is 33.3 Å². The second-order valence-electron chi connectivity index (χ2n) is 5.66. The number of hydrogen-bond acceptors (Lipinski definition) is 5. The SMILES string of the molecule is Cc1ccnn1CCC(=O)N1CCN(S(=O)(=O)c2cccs2)CC1. The fourth-order valence-electron chi connectivity index (χ4n) is 2.71. The van der Waals surface area contributed by atoms with Gasteiger partial charge in [-0.25, -0.2) is 8.42 Å². The van der Waals surface area contributed by atoms with Crippen LogP contribution in [-0.2, 0) is 21.4 Å². The van der Waals surface area contributed by atoms with E-state index in [2.05, 4.69) is 5.10 Å². The maximum absolute atomic E-state index is 12.5. The van der Waals surface area contributed by atoms with Crippen molar-refractivity contribution >= 4 is 27.3 Å². The maximum atomic E-state index is 12.5. The van der Waals surface area contributed by atoms with E-state index < -0.39 is 10.0 Å². The molecule has 0 aromatic carbocycles. The van der Waals surface area contributed by atoms with Crippen LogP contribution in [0.2, 0.25) is 0 Å². The first-order chi connectivity index (χ1) is 11.5. The number of thiophene rings is 1. The van der Waals surface area contributed by atoms with E-state index in [1.165, 1.54) is 15.6 Å². The second kappa shape index (κ2) is 7.04. The van der Waals surface area contributed by atoms with E-state index in [1.807, 2.05) is 13.0 Å². The topological polar surface area (TPSA) is 75.5 Å². The van der Waals surface area contributed by atoms with Gasteiger partial charge < -0.3 is 4.90 Å². The minimum atomic E-state index is -3.42. The van der Waals surface area contributed by atoms with Gasteiger partial charge in [-0.1, -0.05) is 6.07 Å². The Kier molecular flexibility index (Phi) is 5.02. The molecule has 1 aliphatic rings. The van der Waals surface area contributed by atoms with Crippen LogP contribution < -0.4 is 0 Å². The number of piperazine rings is 1. The van der Waals surface area contributed by atoms with Gasteiger partial charge in [0.25, 0.3) is 10.0 Å². The normalized spacial score (nSPS) is 16.5. The highest BCUT2D eigenvalue weighted by Gasteiger charge is 2.30. The van der Waals surface area contributed by atoms with E-state index in [4.69, 9.17) is 0 Å². The van der Waals surface area contributed by atoms with Crippen molar-refractivity contribution in [3.8, 4) is 0 Å². The molecule has 9 heteroatoms. The van der Waals surface area contributed by atoms with Crippen molar-refractivity contribution < 1.29 is 13.2 Å². The first-order valence-electron chi connectivity index (χ1n) is 7.78. The highest BCUT2D eigenvalue weighted by molar-refractivity contribution is 7.91. The first-order valence-corrected chi connectivity index (χ1v) is 10.1. The highest BCUT2D eigenvalue weighted by atomic mass is 32.2. The Bertz CT molecular complexity index is 791. The summed E-state index contributed by atoms with van der Waals surface area (Å²) in [6, 6.07) is 5.25. The first kappa shape index (κ1) is 17.1. The lowest BCUT2D eigenvalue weighted by molar-refractivity contribution is -0.132. The fourth-order valence-corrected chi connectivity index (χ4v) is 5.27. The van der Waals surface area contributed by atoms with Gasteiger partial charge in [-0.3, -0.25) is 9.48 Å². The molecular weight excluding hydrogens is 348 g/mol. The van der Waals surface area contributed by atoms with Crippen LogP contribution in [-0.4, -0.2) is 59.5 Å². The van der Waals surface area contributed by atoms with Crippen molar-refractivity contribution in [3.05, 3.63) is 35.5 Å². The van der Waals surface area contributed by atoms with Gasteiger partial charge in [0.1, 0.15) is 4.21 Å². The molecule has 0 radical (unpaired) electrons. The van der Waals surface area contributed by atoms with Gasteiger partial charge in [0.2, 0.25) is 5.91 Å². The molecule has 0 aliphatic carbocycles. The van der Waals surface area contributed by atoms with Gasteiger partial charge in [0, 0.05) is 51.0 Å². The van der Waals surface area contributed by atoms with E-state index in [-0.39, 0.29) is 5.91 Å². The van der Waals surface area contributed by atoms with Gasteiger partial charge in [-0.05, 0) is 24.4 Å². The van der Waals surface area contributed by atoms with E-state index in [0.717, 1.165) is 5.69 Å². The van der Waals surface area contributed by atoms with Crippen LogP contribution in [0.1, 0.15) is 12.1 Å². The Labute approximate surface area is 145 Å². The zero-order valence-electron chi connectivity index (χ0n) is 13.5. The quantitative estimate of drug-likeness (QED) is 0.794. The van der Waals surface area contributed by atoms with Crippen LogP contribution in [0.25, 0.3) is 0 Å². The molecule has 130 valence electrons. The molecule has 0 atom stereocenters. The van der Waals surface area contributed by atoms with Crippen molar-refractivity contribution in [3.63, 3.8) is 0 Å².